The summed E-state index contributed by atoms with van der Waals surface area (Å²) in [5.74, 6) is 2.24. The Morgan fingerprint density at radius 1 is 1.29 bits per heavy atom. The van der Waals surface area contributed by atoms with Gasteiger partial charge < -0.3 is 10.6 Å². The van der Waals surface area contributed by atoms with Gasteiger partial charge in [-0.3, -0.25) is 4.57 Å². The summed E-state index contributed by atoms with van der Waals surface area (Å²) in [5.41, 5.74) is 1.11. The molecule has 0 fully saturated rings. The fourth-order valence-corrected chi connectivity index (χ4v) is 3.59. The van der Waals surface area contributed by atoms with Crippen LogP contribution in [0.25, 0.3) is 5.82 Å². The molecule has 28 heavy (non-hydrogen) atoms. The van der Waals surface area contributed by atoms with Crippen molar-refractivity contribution in [3.05, 3.63) is 65.0 Å². The highest BCUT2D eigenvalue weighted by atomic mass is 127. The Balaban J connectivity index is 0.00000280. The highest BCUT2D eigenvalue weighted by Crippen LogP contribution is 2.13. The molecule has 6 nitrogen and oxygen atoms in total. The Hall–Kier alpha value is -1.94. The Morgan fingerprint density at radius 3 is 2.89 bits per heavy atom. The maximum Gasteiger partial charge on any atom is 0.191 e. The van der Waals surface area contributed by atoms with Gasteiger partial charge in [-0.1, -0.05) is 13.0 Å². The zero-order valence-electron chi connectivity index (χ0n) is 16.2. The molecule has 1 atom stereocenters. The molecule has 3 heterocycles. The predicted octanol–water partition coefficient (Wildman–Crippen LogP) is 3.88. The predicted molar refractivity (Wildman–Crippen MR) is 127 cm³/mol. The van der Waals surface area contributed by atoms with Gasteiger partial charge in [0, 0.05) is 36.6 Å². The molecule has 1 unspecified atom stereocenters. The number of nitrogens with zero attached hydrogens (tertiary/aromatic N) is 4. The minimum absolute atomic E-state index is 0. The van der Waals surface area contributed by atoms with E-state index in [4.69, 9.17) is 4.99 Å². The largest absolute Gasteiger partial charge is 0.357 e. The molecule has 150 valence electrons. The Morgan fingerprint density at radius 2 is 2.18 bits per heavy atom. The van der Waals surface area contributed by atoms with Crippen molar-refractivity contribution in [2.24, 2.45) is 10.9 Å². The van der Waals surface area contributed by atoms with Crippen LogP contribution >= 0.6 is 35.3 Å². The van der Waals surface area contributed by atoms with Crippen LogP contribution in [-0.2, 0) is 13.0 Å². The standard InChI is InChI=1S/C20H26N6S.HI/c1-3-22-20(24-13-16(2)11-18-5-4-10-27-18)25-14-17-6-7-23-19(12-17)26-9-8-21-15-26;/h4-10,12,15-16H,3,11,13-14H2,1-2H3,(H2,22,24,25);1H. The van der Waals surface area contributed by atoms with Gasteiger partial charge in [0.1, 0.15) is 12.1 Å². The molecule has 0 aromatic carbocycles. The summed E-state index contributed by atoms with van der Waals surface area (Å²) in [6.07, 6.45) is 8.27. The second-order valence-electron chi connectivity index (χ2n) is 6.46. The van der Waals surface area contributed by atoms with E-state index in [1.165, 1.54) is 4.88 Å². The Kier molecular flexibility index (Phi) is 9.42. The van der Waals surface area contributed by atoms with Crippen LogP contribution in [-0.4, -0.2) is 33.6 Å². The lowest BCUT2D eigenvalue weighted by Crippen LogP contribution is -2.39. The first-order chi connectivity index (χ1) is 13.2. The fraction of sp³-hybridized carbons (Fsp3) is 0.350. The van der Waals surface area contributed by atoms with Crippen molar-refractivity contribution in [2.75, 3.05) is 13.1 Å². The molecule has 3 rings (SSSR count). The van der Waals surface area contributed by atoms with E-state index in [0.717, 1.165) is 36.9 Å². The zero-order chi connectivity index (χ0) is 18.9. The Labute approximate surface area is 187 Å². The molecule has 2 N–H and O–H groups in total. The number of aromatic nitrogens is 3. The third-order valence-corrected chi connectivity index (χ3v) is 4.99. The minimum Gasteiger partial charge on any atom is -0.357 e. The van der Waals surface area contributed by atoms with E-state index in [-0.39, 0.29) is 24.0 Å². The number of rotatable bonds is 8. The molecule has 3 aromatic heterocycles. The van der Waals surface area contributed by atoms with Crippen molar-refractivity contribution in [3.8, 4) is 5.82 Å². The zero-order valence-corrected chi connectivity index (χ0v) is 19.4. The lowest BCUT2D eigenvalue weighted by atomic mass is 10.1. The van der Waals surface area contributed by atoms with E-state index >= 15 is 0 Å². The molecule has 0 saturated heterocycles. The van der Waals surface area contributed by atoms with Gasteiger partial charge in [-0.05, 0) is 48.4 Å². The number of nitrogens with one attached hydrogen (secondary N) is 2. The smallest absolute Gasteiger partial charge is 0.191 e. The maximum absolute atomic E-state index is 4.72. The van der Waals surface area contributed by atoms with Gasteiger partial charge in [0.2, 0.25) is 0 Å². The van der Waals surface area contributed by atoms with E-state index in [9.17, 15) is 0 Å². The summed E-state index contributed by atoms with van der Waals surface area (Å²) < 4.78 is 1.89. The van der Waals surface area contributed by atoms with Crippen molar-refractivity contribution in [2.45, 2.75) is 26.8 Å². The van der Waals surface area contributed by atoms with Gasteiger partial charge in [-0.25, -0.2) is 15.0 Å². The molecule has 0 radical (unpaired) electrons. The van der Waals surface area contributed by atoms with Crippen LogP contribution < -0.4 is 10.6 Å². The van der Waals surface area contributed by atoms with Crippen molar-refractivity contribution in [1.29, 1.82) is 0 Å². The summed E-state index contributed by atoms with van der Waals surface area (Å²) in [4.78, 5) is 14.6. The van der Waals surface area contributed by atoms with E-state index < -0.39 is 0 Å². The summed E-state index contributed by atoms with van der Waals surface area (Å²) in [7, 11) is 0. The van der Waals surface area contributed by atoms with Crippen molar-refractivity contribution in [3.63, 3.8) is 0 Å². The summed E-state index contributed by atoms with van der Waals surface area (Å²) >= 11 is 1.82. The van der Waals surface area contributed by atoms with E-state index in [1.807, 2.05) is 40.4 Å². The molecule has 0 amide bonds. The van der Waals surface area contributed by atoms with Crippen molar-refractivity contribution < 1.29 is 0 Å². The molecule has 0 spiro atoms. The number of aliphatic imine (C=N–C) groups is 1. The van der Waals surface area contributed by atoms with Gasteiger partial charge in [-0.15, -0.1) is 35.3 Å². The first-order valence-electron chi connectivity index (χ1n) is 9.22. The lowest BCUT2D eigenvalue weighted by Gasteiger charge is -2.15. The van der Waals surface area contributed by atoms with Crippen LogP contribution in [0.5, 0.6) is 0 Å². The molecule has 0 aliphatic rings. The first-order valence-corrected chi connectivity index (χ1v) is 10.1. The number of pyridine rings is 1. The van der Waals surface area contributed by atoms with Crippen molar-refractivity contribution >= 4 is 41.3 Å². The third kappa shape index (κ3) is 6.90. The second kappa shape index (κ2) is 11.8. The van der Waals surface area contributed by atoms with E-state index in [1.54, 1.807) is 12.5 Å². The summed E-state index contributed by atoms with van der Waals surface area (Å²) in [5, 5.41) is 8.91. The molecule has 0 saturated carbocycles. The summed E-state index contributed by atoms with van der Waals surface area (Å²) in [6.45, 7) is 6.66. The molecule has 0 aliphatic carbocycles. The monoisotopic (exact) mass is 510 g/mol. The van der Waals surface area contributed by atoms with Gasteiger partial charge in [0.15, 0.2) is 5.96 Å². The quantitative estimate of drug-likeness (QED) is 0.274. The highest BCUT2D eigenvalue weighted by molar-refractivity contribution is 14.0. The minimum atomic E-state index is 0. The SMILES string of the molecule is CCNC(=NCc1ccnc(-n2ccnc2)c1)NCC(C)Cc1cccs1.I. The fourth-order valence-electron chi connectivity index (χ4n) is 2.72. The van der Waals surface area contributed by atoms with Crippen LogP contribution in [0, 0.1) is 5.92 Å². The third-order valence-electron chi connectivity index (χ3n) is 4.09. The average Bonchev–Trinajstić information content (AvgIpc) is 3.38. The van der Waals surface area contributed by atoms with Crippen LogP contribution in [0.1, 0.15) is 24.3 Å². The number of imidazole rings is 1. The Bertz CT molecular complexity index is 832. The summed E-state index contributed by atoms with van der Waals surface area (Å²) in [6, 6.07) is 8.33. The maximum atomic E-state index is 4.72. The molecular weight excluding hydrogens is 483 g/mol. The lowest BCUT2D eigenvalue weighted by molar-refractivity contribution is 0.562. The van der Waals surface area contributed by atoms with Gasteiger partial charge in [-0.2, -0.15) is 0 Å². The number of hydrogen-bond donors (Lipinski definition) is 2. The normalized spacial score (nSPS) is 12.3. The van der Waals surface area contributed by atoms with E-state index in [2.05, 4.69) is 52.0 Å². The van der Waals surface area contributed by atoms with Gasteiger partial charge in [0.25, 0.3) is 0 Å². The van der Waals surface area contributed by atoms with Crippen LogP contribution in [0.2, 0.25) is 0 Å². The highest BCUT2D eigenvalue weighted by Gasteiger charge is 2.06. The van der Waals surface area contributed by atoms with Crippen molar-refractivity contribution in [1.82, 2.24) is 25.2 Å². The topological polar surface area (TPSA) is 67.1 Å². The molecule has 0 bridgehead atoms. The number of guanidine groups is 1. The van der Waals surface area contributed by atoms with Gasteiger partial charge in [0.05, 0.1) is 6.54 Å². The molecular formula is C20H27IN6S. The van der Waals surface area contributed by atoms with Crippen LogP contribution in [0.3, 0.4) is 0 Å². The number of thiophene rings is 1. The number of halogens is 1. The van der Waals surface area contributed by atoms with Crippen LogP contribution in [0.4, 0.5) is 0 Å². The van der Waals surface area contributed by atoms with Crippen LogP contribution in [0.15, 0.2) is 59.6 Å². The average molecular weight is 510 g/mol. The first kappa shape index (κ1) is 22.4. The van der Waals surface area contributed by atoms with E-state index in [0.29, 0.717) is 12.5 Å². The number of hydrogen-bond acceptors (Lipinski definition) is 4. The molecule has 8 heteroatoms. The molecule has 3 aromatic rings. The molecule has 0 aliphatic heterocycles. The second-order valence-corrected chi connectivity index (χ2v) is 7.49. The van der Waals surface area contributed by atoms with Gasteiger partial charge >= 0.3 is 0 Å².